The van der Waals surface area contributed by atoms with E-state index in [1.165, 1.54) is 6.92 Å². The third-order valence-electron chi connectivity index (χ3n) is 4.95. The van der Waals surface area contributed by atoms with Gasteiger partial charge in [-0.3, -0.25) is 9.59 Å². The Morgan fingerprint density at radius 1 is 1.19 bits per heavy atom. The topological polar surface area (TPSA) is 67.9 Å². The summed E-state index contributed by atoms with van der Waals surface area (Å²) in [6.07, 6.45) is 1.88. The minimum Gasteiger partial charge on any atom is -0.350 e. The van der Waals surface area contributed by atoms with Gasteiger partial charge in [-0.2, -0.15) is 0 Å². The summed E-state index contributed by atoms with van der Waals surface area (Å²) in [6, 6.07) is 6.87. The van der Waals surface area contributed by atoms with Crippen LogP contribution >= 0.6 is 11.6 Å². The second kappa shape index (κ2) is 8.84. The van der Waals surface area contributed by atoms with Crippen molar-refractivity contribution in [3.8, 4) is 0 Å². The molecule has 3 rings (SSSR count). The zero-order valence-corrected chi connectivity index (χ0v) is 15.7. The van der Waals surface area contributed by atoms with Crippen LogP contribution in [0, 0.1) is 5.92 Å². The number of amides is 2. The highest BCUT2D eigenvalue weighted by atomic mass is 35.5. The summed E-state index contributed by atoms with van der Waals surface area (Å²) in [5.41, 5.74) is 0.876. The Hall–Kier alpha value is -1.63. The van der Waals surface area contributed by atoms with Crippen molar-refractivity contribution >= 4 is 23.4 Å². The normalized spacial score (nSPS) is 20.2. The van der Waals surface area contributed by atoms with Crippen LogP contribution in [0.5, 0.6) is 0 Å². The maximum absolute atomic E-state index is 12.7. The summed E-state index contributed by atoms with van der Waals surface area (Å²) in [5.74, 6) is 0.237. The molecule has 2 saturated heterocycles. The van der Waals surface area contributed by atoms with Gasteiger partial charge in [0.2, 0.25) is 11.8 Å². The quantitative estimate of drug-likeness (QED) is 0.852. The second-order valence-corrected chi connectivity index (χ2v) is 7.27. The number of likely N-dealkylation sites (tertiary alicyclic amines) is 1. The largest absolute Gasteiger partial charge is 0.350 e. The smallest absolute Gasteiger partial charge is 0.224 e. The van der Waals surface area contributed by atoms with E-state index in [4.69, 9.17) is 21.1 Å². The first kappa shape index (κ1) is 19.1. The van der Waals surface area contributed by atoms with Gasteiger partial charge in [0.15, 0.2) is 6.29 Å². The Kier molecular flexibility index (Phi) is 6.51. The third kappa shape index (κ3) is 4.96. The van der Waals surface area contributed by atoms with Gasteiger partial charge in [-0.25, -0.2) is 0 Å². The first-order valence-corrected chi connectivity index (χ1v) is 9.44. The lowest BCUT2D eigenvalue weighted by Gasteiger charge is -2.34. The molecule has 1 N–H and O–H groups in total. The van der Waals surface area contributed by atoms with Gasteiger partial charge in [0.05, 0.1) is 25.7 Å². The molecule has 1 aromatic carbocycles. The summed E-state index contributed by atoms with van der Waals surface area (Å²) >= 11 is 5.93. The van der Waals surface area contributed by atoms with Crippen molar-refractivity contribution in [2.75, 3.05) is 26.3 Å². The fourth-order valence-electron chi connectivity index (χ4n) is 3.57. The number of carbonyl (C=O) groups is 2. The number of rotatable bonds is 5. The summed E-state index contributed by atoms with van der Waals surface area (Å²) in [6.45, 7) is 4.16. The molecule has 26 heavy (non-hydrogen) atoms. The molecule has 0 saturated carbocycles. The van der Waals surface area contributed by atoms with Crippen LogP contribution in [-0.2, 0) is 19.1 Å². The summed E-state index contributed by atoms with van der Waals surface area (Å²) in [7, 11) is 0. The van der Waals surface area contributed by atoms with Crippen LogP contribution in [0.3, 0.4) is 0 Å². The Labute approximate surface area is 158 Å². The zero-order valence-electron chi connectivity index (χ0n) is 14.9. The number of hydrogen-bond acceptors (Lipinski definition) is 4. The van der Waals surface area contributed by atoms with E-state index in [0.717, 1.165) is 18.4 Å². The number of benzene rings is 1. The maximum atomic E-state index is 12.7. The van der Waals surface area contributed by atoms with Crippen molar-refractivity contribution in [3.63, 3.8) is 0 Å². The first-order valence-electron chi connectivity index (χ1n) is 9.06. The Morgan fingerprint density at radius 3 is 2.38 bits per heavy atom. The monoisotopic (exact) mass is 380 g/mol. The van der Waals surface area contributed by atoms with Gasteiger partial charge in [-0.1, -0.05) is 23.7 Å². The Balaban J connectivity index is 1.57. The molecule has 2 aliphatic heterocycles. The average molecular weight is 381 g/mol. The van der Waals surface area contributed by atoms with Gasteiger partial charge in [0, 0.05) is 31.0 Å². The van der Waals surface area contributed by atoms with E-state index in [1.54, 1.807) is 12.1 Å². The number of piperidine rings is 1. The van der Waals surface area contributed by atoms with E-state index in [0.29, 0.717) is 37.2 Å². The van der Waals surface area contributed by atoms with Crippen LogP contribution in [0.4, 0.5) is 0 Å². The standard InChI is InChI=1S/C19H25ClN2O4/c1-13(23)21-17(14-2-4-16(20)5-3-14)12-18(24)22-8-6-15(7-9-22)19-25-10-11-26-19/h2-5,15,17,19H,6-12H2,1H3,(H,21,23). The van der Waals surface area contributed by atoms with Crippen molar-refractivity contribution < 1.29 is 19.1 Å². The number of halogens is 1. The first-order chi connectivity index (χ1) is 12.5. The van der Waals surface area contributed by atoms with Crippen molar-refractivity contribution in [2.45, 2.75) is 38.5 Å². The van der Waals surface area contributed by atoms with Gasteiger partial charge in [-0.15, -0.1) is 0 Å². The summed E-state index contributed by atoms with van der Waals surface area (Å²) in [5, 5.41) is 3.49. The van der Waals surface area contributed by atoms with E-state index in [-0.39, 0.29) is 30.6 Å². The molecule has 0 aromatic heterocycles. The average Bonchev–Trinajstić information content (AvgIpc) is 3.16. The molecule has 2 aliphatic rings. The van der Waals surface area contributed by atoms with Crippen LogP contribution in [0.25, 0.3) is 0 Å². The number of hydrogen-bond donors (Lipinski definition) is 1. The van der Waals surface area contributed by atoms with Crippen LogP contribution < -0.4 is 5.32 Å². The molecule has 1 unspecified atom stereocenters. The van der Waals surface area contributed by atoms with Crippen LogP contribution in [0.15, 0.2) is 24.3 Å². The molecular formula is C19H25ClN2O4. The summed E-state index contributed by atoms with van der Waals surface area (Å²) in [4.78, 5) is 26.2. The molecule has 0 bridgehead atoms. The zero-order chi connectivity index (χ0) is 18.5. The lowest BCUT2D eigenvalue weighted by Crippen LogP contribution is -2.43. The van der Waals surface area contributed by atoms with Gasteiger partial charge in [-0.05, 0) is 30.5 Å². The van der Waals surface area contributed by atoms with E-state index in [9.17, 15) is 9.59 Å². The predicted octanol–water partition coefficient (Wildman–Crippen LogP) is 2.52. The van der Waals surface area contributed by atoms with Crippen LogP contribution in [0.1, 0.15) is 37.8 Å². The van der Waals surface area contributed by atoms with E-state index >= 15 is 0 Å². The molecule has 1 aromatic rings. The Morgan fingerprint density at radius 2 is 1.81 bits per heavy atom. The molecule has 2 amide bonds. The SMILES string of the molecule is CC(=O)NC(CC(=O)N1CCC(C2OCCO2)CC1)c1ccc(Cl)cc1. The highest BCUT2D eigenvalue weighted by Gasteiger charge is 2.32. The second-order valence-electron chi connectivity index (χ2n) is 6.84. The fourth-order valence-corrected chi connectivity index (χ4v) is 3.69. The van der Waals surface area contributed by atoms with Crippen LogP contribution in [-0.4, -0.2) is 49.3 Å². The lowest BCUT2D eigenvalue weighted by atomic mass is 9.95. The number of ether oxygens (including phenoxy) is 2. The molecule has 2 fully saturated rings. The molecular weight excluding hydrogens is 356 g/mol. The number of nitrogens with zero attached hydrogens (tertiary/aromatic N) is 1. The Bertz CT molecular complexity index is 623. The lowest BCUT2D eigenvalue weighted by molar-refractivity contribution is -0.137. The maximum Gasteiger partial charge on any atom is 0.224 e. The van der Waals surface area contributed by atoms with Gasteiger partial charge >= 0.3 is 0 Å². The summed E-state index contributed by atoms with van der Waals surface area (Å²) < 4.78 is 11.2. The van der Waals surface area contributed by atoms with Gasteiger partial charge < -0.3 is 19.7 Å². The molecule has 6 nitrogen and oxygen atoms in total. The molecule has 7 heteroatoms. The van der Waals surface area contributed by atoms with E-state index in [1.807, 2.05) is 17.0 Å². The highest BCUT2D eigenvalue weighted by molar-refractivity contribution is 6.30. The number of nitrogens with one attached hydrogen (secondary N) is 1. The van der Waals surface area contributed by atoms with Gasteiger partial charge in [0.1, 0.15) is 0 Å². The minimum atomic E-state index is -0.350. The molecule has 2 heterocycles. The van der Waals surface area contributed by atoms with Crippen molar-refractivity contribution in [2.24, 2.45) is 5.92 Å². The predicted molar refractivity (Wildman–Crippen MR) is 97.6 cm³/mol. The molecule has 142 valence electrons. The molecule has 0 spiro atoms. The van der Waals surface area contributed by atoms with Gasteiger partial charge in [0.25, 0.3) is 0 Å². The minimum absolute atomic E-state index is 0.0467. The van der Waals surface area contributed by atoms with E-state index < -0.39 is 0 Å². The number of carbonyl (C=O) groups excluding carboxylic acids is 2. The fraction of sp³-hybridized carbons (Fsp3) is 0.579. The molecule has 0 radical (unpaired) electrons. The molecule has 1 atom stereocenters. The van der Waals surface area contributed by atoms with E-state index in [2.05, 4.69) is 5.32 Å². The van der Waals surface area contributed by atoms with Crippen molar-refractivity contribution in [1.29, 1.82) is 0 Å². The van der Waals surface area contributed by atoms with Crippen molar-refractivity contribution in [1.82, 2.24) is 10.2 Å². The van der Waals surface area contributed by atoms with Crippen LogP contribution in [0.2, 0.25) is 5.02 Å². The van der Waals surface area contributed by atoms with Crippen molar-refractivity contribution in [3.05, 3.63) is 34.9 Å². The third-order valence-corrected chi connectivity index (χ3v) is 5.21. The highest BCUT2D eigenvalue weighted by Crippen LogP contribution is 2.27. The molecule has 0 aliphatic carbocycles.